The van der Waals surface area contributed by atoms with Gasteiger partial charge in [-0.15, -0.1) is 0 Å². The van der Waals surface area contributed by atoms with Gasteiger partial charge in [0.05, 0.1) is 28.1 Å². The molecule has 1 spiro atoms. The average Bonchev–Trinajstić information content (AvgIpc) is 3.21. The van der Waals surface area contributed by atoms with E-state index in [1.165, 1.54) is 11.9 Å². The molecule has 33 heavy (non-hydrogen) atoms. The van der Waals surface area contributed by atoms with Crippen molar-refractivity contribution in [1.82, 2.24) is 19.5 Å². The van der Waals surface area contributed by atoms with Gasteiger partial charge >= 0.3 is 0 Å². The summed E-state index contributed by atoms with van der Waals surface area (Å²) in [4.78, 5) is 12.8. The van der Waals surface area contributed by atoms with Crippen LogP contribution in [0.25, 0.3) is 21.9 Å². The lowest BCUT2D eigenvalue weighted by molar-refractivity contribution is -0.165. The third-order valence-corrected chi connectivity index (χ3v) is 8.02. The smallest absolute Gasteiger partial charge is 0.145 e. The first kappa shape index (κ1) is 20.8. The van der Waals surface area contributed by atoms with E-state index >= 15 is 0 Å². The van der Waals surface area contributed by atoms with Crippen molar-refractivity contribution in [3.8, 4) is 0 Å². The summed E-state index contributed by atoms with van der Waals surface area (Å²) in [5, 5.41) is 24.7. The van der Waals surface area contributed by atoms with E-state index in [2.05, 4.69) is 33.2 Å². The first-order chi connectivity index (χ1) is 15.9. The Hall–Kier alpha value is -2.74. The van der Waals surface area contributed by atoms with Gasteiger partial charge in [0.15, 0.2) is 0 Å². The Bertz CT molecular complexity index is 1350. The van der Waals surface area contributed by atoms with Crippen molar-refractivity contribution in [3.63, 3.8) is 0 Å². The highest BCUT2D eigenvalue weighted by atomic mass is 35.5. The monoisotopic (exact) mass is 463 g/mol. The lowest BCUT2D eigenvalue weighted by Gasteiger charge is -2.56. The van der Waals surface area contributed by atoms with Crippen molar-refractivity contribution in [3.05, 3.63) is 59.6 Å². The second-order valence-electron chi connectivity index (χ2n) is 9.78. The third kappa shape index (κ3) is 3.38. The quantitative estimate of drug-likeness (QED) is 0.425. The standard InChI is InChI=1S/C25H26ClN5O2/c26-17-9-16-2-1-14(8-19(16)28-12-17)7-15-10-25(11-15)5-3-20(21(32)22(25)33)31-6-4-18-23(27)29-13-30-24(18)31/h1-2,4,6,8-9,12-13,15,20-22,32-33H,3,5,7,10-11H2,(H2,27,29,30)/t15?,20-,21+,22+,25?/m1/s1. The van der Waals surface area contributed by atoms with Crippen molar-refractivity contribution in [1.29, 1.82) is 0 Å². The van der Waals surface area contributed by atoms with Gasteiger partial charge in [-0.2, -0.15) is 0 Å². The SMILES string of the molecule is Nc1ncnc2c1ccn2[C@@H]1CCC2(CC(Cc3ccc4cc(Cl)cnc4c3)C2)[C@@H](O)[C@H]1O. The molecule has 2 fully saturated rings. The van der Waals surface area contributed by atoms with Crippen LogP contribution < -0.4 is 5.73 Å². The molecule has 3 aromatic heterocycles. The highest BCUT2D eigenvalue weighted by Gasteiger charge is 2.55. The second-order valence-corrected chi connectivity index (χ2v) is 10.2. The minimum absolute atomic E-state index is 0.208. The van der Waals surface area contributed by atoms with Crippen LogP contribution in [0.1, 0.15) is 37.3 Å². The van der Waals surface area contributed by atoms with Gasteiger partial charge in [-0.25, -0.2) is 9.97 Å². The number of benzene rings is 1. The van der Waals surface area contributed by atoms with Crippen molar-refractivity contribution in [2.45, 2.75) is 50.4 Å². The molecule has 7 nitrogen and oxygen atoms in total. The van der Waals surface area contributed by atoms with E-state index in [9.17, 15) is 10.2 Å². The zero-order valence-corrected chi connectivity index (χ0v) is 18.9. The number of nitrogens with two attached hydrogens (primary N) is 1. The predicted molar refractivity (Wildman–Crippen MR) is 128 cm³/mol. The molecule has 2 aliphatic rings. The second kappa shape index (κ2) is 7.65. The van der Waals surface area contributed by atoms with E-state index in [1.807, 2.05) is 22.9 Å². The van der Waals surface area contributed by atoms with Crippen molar-refractivity contribution >= 4 is 39.4 Å². The number of rotatable bonds is 3. The van der Waals surface area contributed by atoms with Crippen LogP contribution in [0.3, 0.4) is 0 Å². The van der Waals surface area contributed by atoms with Crippen LogP contribution in [0.4, 0.5) is 5.82 Å². The Balaban J connectivity index is 1.15. The highest BCUT2D eigenvalue weighted by molar-refractivity contribution is 6.31. The number of pyridine rings is 1. The summed E-state index contributed by atoms with van der Waals surface area (Å²) in [5.41, 5.74) is 8.65. The number of aromatic nitrogens is 4. The van der Waals surface area contributed by atoms with E-state index in [4.69, 9.17) is 17.3 Å². The summed E-state index contributed by atoms with van der Waals surface area (Å²) in [7, 11) is 0. The molecule has 0 radical (unpaired) electrons. The largest absolute Gasteiger partial charge is 0.390 e. The summed E-state index contributed by atoms with van der Waals surface area (Å²) in [6.07, 6.45) is 7.86. The molecule has 170 valence electrons. The number of halogens is 1. The maximum absolute atomic E-state index is 11.2. The van der Waals surface area contributed by atoms with E-state index in [0.717, 1.165) is 48.4 Å². The van der Waals surface area contributed by atoms with Crippen molar-refractivity contribution < 1.29 is 10.2 Å². The molecule has 0 saturated heterocycles. The van der Waals surface area contributed by atoms with Crippen molar-refractivity contribution in [2.75, 3.05) is 5.73 Å². The molecule has 2 saturated carbocycles. The first-order valence-corrected chi connectivity index (χ1v) is 11.8. The number of nitrogen functional groups attached to an aromatic ring is 1. The van der Waals surface area contributed by atoms with Crippen LogP contribution in [-0.2, 0) is 6.42 Å². The molecular formula is C25H26ClN5O2. The Morgan fingerprint density at radius 3 is 2.82 bits per heavy atom. The fraction of sp³-hybridized carbons (Fsp3) is 0.400. The van der Waals surface area contributed by atoms with E-state index in [1.54, 1.807) is 6.20 Å². The van der Waals surface area contributed by atoms with E-state index in [0.29, 0.717) is 22.4 Å². The van der Waals surface area contributed by atoms with Crippen LogP contribution in [0, 0.1) is 11.3 Å². The number of aliphatic hydroxyl groups excluding tert-OH is 2. The van der Waals surface area contributed by atoms with Crippen molar-refractivity contribution in [2.24, 2.45) is 11.3 Å². The molecule has 2 aliphatic carbocycles. The zero-order chi connectivity index (χ0) is 22.7. The Morgan fingerprint density at radius 1 is 1.12 bits per heavy atom. The molecule has 0 amide bonds. The molecule has 4 aromatic rings. The number of hydrogen-bond acceptors (Lipinski definition) is 6. The van der Waals surface area contributed by atoms with Gasteiger partial charge in [0, 0.05) is 17.8 Å². The Kier molecular flexibility index (Phi) is 4.83. The summed E-state index contributed by atoms with van der Waals surface area (Å²) in [6.45, 7) is 0. The Labute approximate surface area is 196 Å². The van der Waals surface area contributed by atoms with Gasteiger partial charge in [0.2, 0.25) is 0 Å². The molecular weight excluding hydrogens is 438 g/mol. The van der Waals surface area contributed by atoms with Gasteiger partial charge in [0.1, 0.15) is 23.9 Å². The molecule has 6 rings (SSSR count). The number of aliphatic hydroxyl groups is 2. The minimum atomic E-state index is -0.846. The normalized spacial score (nSPS) is 29.5. The van der Waals surface area contributed by atoms with Gasteiger partial charge in [-0.3, -0.25) is 4.98 Å². The molecule has 0 unspecified atom stereocenters. The van der Waals surface area contributed by atoms with Crippen LogP contribution in [-0.4, -0.2) is 41.9 Å². The molecule has 0 aliphatic heterocycles. The molecule has 8 heteroatoms. The van der Waals surface area contributed by atoms with Crippen LogP contribution >= 0.6 is 11.6 Å². The van der Waals surface area contributed by atoms with Gasteiger partial charge < -0.3 is 20.5 Å². The molecule has 3 atom stereocenters. The summed E-state index contributed by atoms with van der Waals surface area (Å²) in [6, 6.07) is 9.91. The minimum Gasteiger partial charge on any atom is -0.390 e. The fourth-order valence-corrected chi connectivity index (χ4v) is 6.34. The molecule has 3 heterocycles. The summed E-state index contributed by atoms with van der Waals surface area (Å²) < 4.78 is 1.94. The number of hydrogen-bond donors (Lipinski definition) is 3. The average molecular weight is 464 g/mol. The molecule has 0 bridgehead atoms. The fourth-order valence-electron chi connectivity index (χ4n) is 6.17. The first-order valence-electron chi connectivity index (χ1n) is 11.4. The maximum atomic E-state index is 11.2. The van der Waals surface area contributed by atoms with Gasteiger partial charge in [0.25, 0.3) is 0 Å². The molecule has 1 aromatic carbocycles. The number of nitrogens with zero attached hydrogens (tertiary/aromatic N) is 4. The maximum Gasteiger partial charge on any atom is 0.145 e. The molecule has 4 N–H and O–H groups in total. The van der Waals surface area contributed by atoms with E-state index < -0.39 is 12.2 Å². The van der Waals surface area contributed by atoms with Crippen LogP contribution in [0.15, 0.2) is 49.1 Å². The lowest BCUT2D eigenvalue weighted by Crippen LogP contribution is -2.57. The Morgan fingerprint density at radius 2 is 1.97 bits per heavy atom. The summed E-state index contributed by atoms with van der Waals surface area (Å²) >= 11 is 6.04. The van der Waals surface area contributed by atoms with Gasteiger partial charge in [-0.1, -0.05) is 23.7 Å². The predicted octanol–water partition coefficient (Wildman–Crippen LogP) is 3.91. The van der Waals surface area contributed by atoms with Crippen LogP contribution in [0.2, 0.25) is 5.02 Å². The lowest BCUT2D eigenvalue weighted by atomic mass is 9.52. The number of anilines is 1. The van der Waals surface area contributed by atoms with Crippen LogP contribution in [0.5, 0.6) is 0 Å². The zero-order valence-electron chi connectivity index (χ0n) is 18.1. The summed E-state index contributed by atoms with van der Waals surface area (Å²) in [5.74, 6) is 0.919. The highest BCUT2D eigenvalue weighted by Crippen LogP contribution is 2.57. The van der Waals surface area contributed by atoms with E-state index in [-0.39, 0.29) is 11.5 Å². The number of fused-ring (bicyclic) bond motifs is 2. The third-order valence-electron chi connectivity index (χ3n) is 7.81. The van der Waals surface area contributed by atoms with Gasteiger partial charge in [-0.05, 0) is 67.2 Å². The topological polar surface area (TPSA) is 110 Å².